The van der Waals surface area contributed by atoms with E-state index in [1.54, 1.807) is 7.11 Å². The molecule has 5 aromatic rings. The van der Waals surface area contributed by atoms with E-state index in [9.17, 15) is 9.59 Å². The van der Waals surface area contributed by atoms with E-state index < -0.39 is 0 Å². The molecule has 3 aromatic carbocycles. The minimum Gasteiger partial charge on any atom is -0.497 e. The lowest BCUT2D eigenvalue weighted by Gasteiger charge is -2.32. The highest BCUT2D eigenvalue weighted by atomic mass is 16.5. The number of nitrogens with one attached hydrogen (secondary N) is 1. The molecule has 6 heteroatoms. The smallest absolute Gasteiger partial charge is 0.242 e. The predicted molar refractivity (Wildman–Crippen MR) is 139 cm³/mol. The second-order valence-corrected chi connectivity index (χ2v) is 9.26. The molecule has 1 saturated heterocycles. The van der Waals surface area contributed by atoms with Gasteiger partial charge < -0.3 is 19.2 Å². The molecular formula is C29H27N3O3. The quantitative estimate of drug-likeness (QED) is 0.378. The molecule has 1 aliphatic rings. The molecule has 6 rings (SSSR count). The summed E-state index contributed by atoms with van der Waals surface area (Å²) in [7, 11) is 1.69. The van der Waals surface area contributed by atoms with Crippen molar-refractivity contribution in [2.75, 3.05) is 20.2 Å². The number of carbonyl (C=O) groups excluding carboxylic acids is 1. The van der Waals surface area contributed by atoms with Crippen molar-refractivity contribution in [1.29, 1.82) is 0 Å². The van der Waals surface area contributed by atoms with Crippen molar-refractivity contribution in [3.63, 3.8) is 0 Å². The highest BCUT2D eigenvalue weighted by Crippen LogP contribution is 2.35. The van der Waals surface area contributed by atoms with Gasteiger partial charge in [-0.05, 0) is 66.8 Å². The average molecular weight is 466 g/mol. The van der Waals surface area contributed by atoms with Gasteiger partial charge in [-0.25, -0.2) is 0 Å². The Hall–Kier alpha value is -4.06. The average Bonchev–Trinajstić information content (AvgIpc) is 3.34. The zero-order valence-corrected chi connectivity index (χ0v) is 19.7. The van der Waals surface area contributed by atoms with Crippen molar-refractivity contribution >= 4 is 38.6 Å². The lowest BCUT2D eigenvalue weighted by molar-refractivity contribution is -0.132. The van der Waals surface area contributed by atoms with Crippen LogP contribution in [0.25, 0.3) is 32.7 Å². The number of para-hydroxylation sites is 2. The number of rotatable bonds is 4. The second-order valence-electron chi connectivity index (χ2n) is 9.26. The number of aromatic amines is 1. The molecule has 1 N–H and O–H groups in total. The number of hydrogen-bond acceptors (Lipinski definition) is 3. The first kappa shape index (κ1) is 21.5. The van der Waals surface area contributed by atoms with Crippen LogP contribution in [0.1, 0.15) is 24.3 Å². The molecule has 3 heterocycles. The van der Waals surface area contributed by atoms with Crippen LogP contribution in [0.4, 0.5) is 0 Å². The zero-order chi connectivity index (χ0) is 23.9. The van der Waals surface area contributed by atoms with E-state index in [4.69, 9.17) is 4.74 Å². The Kier molecular flexibility index (Phi) is 5.29. The second kappa shape index (κ2) is 8.62. The number of aromatic nitrogens is 2. The molecule has 1 amide bonds. The lowest BCUT2D eigenvalue weighted by atomic mass is 9.89. The maximum absolute atomic E-state index is 13.4. The summed E-state index contributed by atoms with van der Waals surface area (Å²) in [6.45, 7) is 1.66. The van der Waals surface area contributed by atoms with Gasteiger partial charge in [0.25, 0.3) is 0 Å². The largest absolute Gasteiger partial charge is 0.497 e. The van der Waals surface area contributed by atoms with Crippen LogP contribution in [0.3, 0.4) is 0 Å². The monoisotopic (exact) mass is 465 g/mol. The summed E-state index contributed by atoms with van der Waals surface area (Å²) in [6.07, 6.45) is 3.94. The van der Waals surface area contributed by atoms with E-state index in [1.807, 2.05) is 64.1 Å². The van der Waals surface area contributed by atoms with Gasteiger partial charge in [-0.3, -0.25) is 9.59 Å². The third kappa shape index (κ3) is 3.66. The SMILES string of the molecule is COc1ccc2[nH]cc(C3CCN(C(=O)Cn4c5ccccc5c(=O)c5ccccc54)CC3)c2c1. The first-order chi connectivity index (χ1) is 17.1. The van der Waals surface area contributed by atoms with Crippen molar-refractivity contribution in [2.45, 2.75) is 25.3 Å². The van der Waals surface area contributed by atoms with Crippen molar-refractivity contribution in [3.05, 3.63) is 88.7 Å². The number of pyridine rings is 1. The van der Waals surface area contributed by atoms with E-state index >= 15 is 0 Å². The Balaban J connectivity index is 1.25. The molecule has 35 heavy (non-hydrogen) atoms. The molecule has 176 valence electrons. The van der Waals surface area contributed by atoms with Crippen LogP contribution < -0.4 is 10.2 Å². The minimum absolute atomic E-state index is 0.0103. The Morgan fingerprint density at radius 2 is 1.60 bits per heavy atom. The highest BCUT2D eigenvalue weighted by Gasteiger charge is 2.26. The number of piperidine rings is 1. The van der Waals surface area contributed by atoms with E-state index in [0.717, 1.165) is 48.2 Å². The molecular weight excluding hydrogens is 438 g/mol. The van der Waals surface area contributed by atoms with E-state index in [0.29, 0.717) is 16.7 Å². The molecule has 1 aliphatic heterocycles. The first-order valence-corrected chi connectivity index (χ1v) is 12.1. The van der Waals surface area contributed by atoms with Gasteiger partial charge >= 0.3 is 0 Å². The molecule has 0 spiro atoms. The third-order valence-electron chi connectivity index (χ3n) is 7.38. The van der Waals surface area contributed by atoms with Crippen molar-refractivity contribution in [3.8, 4) is 5.75 Å². The van der Waals surface area contributed by atoms with Gasteiger partial charge in [0.05, 0.1) is 18.1 Å². The van der Waals surface area contributed by atoms with Gasteiger partial charge in [-0.1, -0.05) is 24.3 Å². The predicted octanol–water partition coefficient (Wildman–Crippen LogP) is 5.05. The summed E-state index contributed by atoms with van der Waals surface area (Å²) in [5.41, 5.74) is 4.01. The number of ether oxygens (including phenoxy) is 1. The molecule has 6 nitrogen and oxygen atoms in total. The Morgan fingerprint density at radius 1 is 0.943 bits per heavy atom. The number of fused-ring (bicyclic) bond motifs is 3. The summed E-state index contributed by atoms with van der Waals surface area (Å²) in [4.78, 5) is 31.8. The van der Waals surface area contributed by atoms with Crippen LogP contribution in [-0.2, 0) is 11.3 Å². The van der Waals surface area contributed by atoms with Gasteiger partial charge in [0, 0.05) is 41.0 Å². The number of H-pyrrole nitrogens is 1. The van der Waals surface area contributed by atoms with Crippen LogP contribution in [0.5, 0.6) is 5.75 Å². The molecule has 0 saturated carbocycles. The van der Waals surface area contributed by atoms with E-state index in [1.165, 1.54) is 10.9 Å². The summed E-state index contributed by atoms with van der Waals surface area (Å²) < 4.78 is 7.41. The zero-order valence-electron chi connectivity index (χ0n) is 19.7. The summed E-state index contributed by atoms with van der Waals surface area (Å²) in [5, 5.41) is 2.49. The fraction of sp³-hybridized carbons (Fsp3) is 0.241. The molecule has 0 aliphatic carbocycles. The molecule has 0 unspecified atom stereocenters. The number of amides is 1. The van der Waals surface area contributed by atoms with E-state index in [2.05, 4.69) is 23.3 Å². The van der Waals surface area contributed by atoms with Gasteiger partial charge in [0.2, 0.25) is 5.91 Å². The van der Waals surface area contributed by atoms with Gasteiger partial charge in [0.1, 0.15) is 12.3 Å². The molecule has 0 bridgehead atoms. The number of nitrogens with zero attached hydrogens (tertiary/aromatic N) is 2. The highest BCUT2D eigenvalue weighted by molar-refractivity contribution is 5.95. The Labute approximate surface area is 202 Å². The summed E-state index contributed by atoms with van der Waals surface area (Å²) >= 11 is 0. The topological polar surface area (TPSA) is 67.3 Å². The van der Waals surface area contributed by atoms with Crippen LogP contribution in [0, 0.1) is 0 Å². The van der Waals surface area contributed by atoms with Crippen molar-refractivity contribution < 1.29 is 9.53 Å². The number of methoxy groups -OCH3 is 1. The Morgan fingerprint density at radius 3 is 2.26 bits per heavy atom. The van der Waals surface area contributed by atoms with Crippen LogP contribution in [-0.4, -0.2) is 40.6 Å². The fourth-order valence-corrected chi connectivity index (χ4v) is 5.51. The lowest BCUT2D eigenvalue weighted by Crippen LogP contribution is -2.40. The van der Waals surface area contributed by atoms with Crippen LogP contribution >= 0.6 is 0 Å². The number of benzene rings is 3. The van der Waals surface area contributed by atoms with Crippen LogP contribution in [0.2, 0.25) is 0 Å². The third-order valence-corrected chi connectivity index (χ3v) is 7.38. The van der Waals surface area contributed by atoms with E-state index in [-0.39, 0.29) is 17.9 Å². The fourth-order valence-electron chi connectivity index (χ4n) is 5.51. The summed E-state index contributed by atoms with van der Waals surface area (Å²) in [5.74, 6) is 1.34. The maximum Gasteiger partial charge on any atom is 0.242 e. The minimum atomic E-state index is 0.0103. The Bertz CT molecular complexity index is 1560. The number of carbonyl (C=O) groups is 1. The first-order valence-electron chi connectivity index (χ1n) is 12.1. The van der Waals surface area contributed by atoms with Gasteiger partial charge in [-0.2, -0.15) is 0 Å². The van der Waals surface area contributed by atoms with Crippen molar-refractivity contribution in [1.82, 2.24) is 14.5 Å². The molecule has 1 fully saturated rings. The van der Waals surface area contributed by atoms with Crippen LogP contribution in [0.15, 0.2) is 77.7 Å². The number of hydrogen-bond donors (Lipinski definition) is 1. The molecule has 2 aromatic heterocycles. The normalized spacial score (nSPS) is 14.7. The summed E-state index contributed by atoms with van der Waals surface area (Å²) in [6, 6.07) is 21.2. The number of likely N-dealkylation sites (tertiary alicyclic amines) is 1. The molecule has 0 atom stereocenters. The van der Waals surface area contributed by atoms with Crippen molar-refractivity contribution in [2.24, 2.45) is 0 Å². The maximum atomic E-state index is 13.4. The molecule has 0 radical (unpaired) electrons. The van der Waals surface area contributed by atoms with Gasteiger partial charge in [0.15, 0.2) is 5.43 Å². The van der Waals surface area contributed by atoms with Gasteiger partial charge in [-0.15, -0.1) is 0 Å². The standard InChI is InChI=1S/C29H27N3O3/c1-35-20-10-11-25-23(16-20)24(17-30-25)19-12-14-31(15-13-19)28(33)18-32-26-8-4-2-6-21(26)29(34)22-7-3-5-9-27(22)32/h2-11,16-17,19,30H,12-15,18H2,1H3.